The maximum Gasteiger partial charge on any atom is 0.242 e. The van der Waals surface area contributed by atoms with Crippen molar-refractivity contribution in [2.75, 3.05) is 0 Å². The van der Waals surface area contributed by atoms with Gasteiger partial charge in [-0.15, -0.1) is 0 Å². The van der Waals surface area contributed by atoms with Crippen molar-refractivity contribution < 1.29 is 13.5 Å². The number of rotatable bonds is 5. The number of hydrogen-bond acceptors (Lipinski definition) is 4. The predicted molar refractivity (Wildman–Crippen MR) is 82.6 cm³/mol. The van der Waals surface area contributed by atoms with E-state index < -0.39 is 10.0 Å². The number of aliphatic hydroxyl groups is 1. The van der Waals surface area contributed by atoms with Crippen LogP contribution in [0, 0.1) is 11.3 Å². The second kappa shape index (κ2) is 6.90. The molecule has 0 heterocycles. The summed E-state index contributed by atoms with van der Waals surface area (Å²) < 4.78 is 27.0. The number of benzene rings is 2. The van der Waals surface area contributed by atoms with Gasteiger partial charge in [0, 0.05) is 6.54 Å². The second-order valence-electron chi connectivity index (χ2n) is 4.51. The molecule has 0 spiro atoms. The topological polar surface area (TPSA) is 90.2 Å². The quantitative estimate of drug-likeness (QED) is 0.875. The zero-order chi connectivity index (χ0) is 16.2. The van der Waals surface area contributed by atoms with E-state index in [1.165, 1.54) is 18.2 Å². The van der Waals surface area contributed by atoms with Crippen molar-refractivity contribution in [1.82, 2.24) is 4.72 Å². The summed E-state index contributed by atoms with van der Waals surface area (Å²) in [4.78, 5) is -0.0883. The molecule has 0 aliphatic carbocycles. The maximum atomic E-state index is 12.3. The minimum atomic E-state index is -3.81. The third-order valence-electron chi connectivity index (χ3n) is 3.09. The van der Waals surface area contributed by atoms with E-state index in [0.29, 0.717) is 11.1 Å². The van der Waals surface area contributed by atoms with Crippen LogP contribution >= 0.6 is 11.6 Å². The summed E-state index contributed by atoms with van der Waals surface area (Å²) in [5, 5.41) is 18.0. The van der Waals surface area contributed by atoms with Crippen LogP contribution in [-0.2, 0) is 23.2 Å². The molecule has 2 rings (SSSR count). The first kappa shape index (κ1) is 16.5. The molecule has 0 aliphatic rings. The van der Waals surface area contributed by atoms with Crippen LogP contribution in [-0.4, -0.2) is 13.5 Å². The third kappa shape index (κ3) is 3.64. The van der Waals surface area contributed by atoms with E-state index in [9.17, 15) is 13.5 Å². The normalized spacial score (nSPS) is 11.1. The van der Waals surface area contributed by atoms with Crippen LogP contribution in [0.3, 0.4) is 0 Å². The molecular weight excluding hydrogens is 324 g/mol. The highest BCUT2D eigenvalue weighted by Crippen LogP contribution is 2.22. The molecular formula is C15H13ClN2O3S. The molecule has 0 amide bonds. The summed E-state index contributed by atoms with van der Waals surface area (Å²) in [6, 6.07) is 12.9. The number of halogens is 1. The molecule has 2 aromatic carbocycles. The summed E-state index contributed by atoms with van der Waals surface area (Å²) in [6.07, 6.45) is 0. The molecule has 0 radical (unpaired) electrons. The summed E-state index contributed by atoms with van der Waals surface area (Å²) in [5.41, 5.74) is 1.61. The average molecular weight is 337 g/mol. The Morgan fingerprint density at radius 1 is 1.18 bits per heavy atom. The van der Waals surface area contributed by atoms with Crippen LogP contribution in [0.4, 0.5) is 0 Å². The minimum absolute atomic E-state index is 0.0120. The summed E-state index contributed by atoms with van der Waals surface area (Å²) in [6.45, 7) is -0.134. The maximum absolute atomic E-state index is 12.3. The van der Waals surface area contributed by atoms with E-state index in [2.05, 4.69) is 4.72 Å². The van der Waals surface area contributed by atoms with E-state index in [-0.39, 0.29) is 28.6 Å². The smallest absolute Gasteiger partial charge is 0.242 e. The van der Waals surface area contributed by atoms with Crippen LogP contribution in [0.25, 0.3) is 0 Å². The number of sulfonamides is 1. The highest BCUT2D eigenvalue weighted by atomic mass is 35.5. The van der Waals surface area contributed by atoms with Gasteiger partial charge in [0.05, 0.1) is 23.3 Å². The van der Waals surface area contributed by atoms with Crippen molar-refractivity contribution in [2.45, 2.75) is 18.0 Å². The lowest BCUT2D eigenvalue weighted by Crippen LogP contribution is -2.24. The van der Waals surface area contributed by atoms with Gasteiger partial charge in [-0.25, -0.2) is 13.1 Å². The number of nitrogens with zero attached hydrogens (tertiary/aromatic N) is 1. The Balaban J connectivity index is 2.23. The lowest BCUT2D eigenvalue weighted by molar-refractivity contribution is 0.280. The molecule has 0 fully saturated rings. The Morgan fingerprint density at radius 2 is 1.86 bits per heavy atom. The van der Waals surface area contributed by atoms with E-state index >= 15 is 0 Å². The van der Waals surface area contributed by atoms with Crippen LogP contribution in [0.2, 0.25) is 5.02 Å². The van der Waals surface area contributed by atoms with Crippen molar-refractivity contribution in [3.63, 3.8) is 0 Å². The van der Waals surface area contributed by atoms with Gasteiger partial charge in [0.1, 0.15) is 4.90 Å². The number of nitrogens with one attached hydrogen (secondary N) is 1. The fourth-order valence-corrected chi connectivity index (χ4v) is 3.47. The molecule has 2 aromatic rings. The molecule has 7 heteroatoms. The van der Waals surface area contributed by atoms with Gasteiger partial charge in [-0.1, -0.05) is 35.9 Å². The third-order valence-corrected chi connectivity index (χ3v) is 4.98. The van der Waals surface area contributed by atoms with Gasteiger partial charge >= 0.3 is 0 Å². The first-order valence-corrected chi connectivity index (χ1v) is 8.21. The minimum Gasteiger partial charge on any atom is -0.392 e. The second-order valence-corrected chi connectivity index (χ2v) is 6.65. The fourth-order valence-electron chi connectivity index (χ4n) is 1.92. The van der Waals surface area contributed by atoms with Gasteiger partial charge in [0.25, 0.3) is 0 Å². The molecule has 0 saturated carbocycles. The van der Waals surface area contributed by atoms with Crippen molar-refractivity contribution >= 4 is 21.6 Å². The molecule has 22 heavy (non-hydrogen) atoms. The van der Waals surface area contributed by atoms with E-state index in [1.54, 1.807) is 24.3 Å². The zero-order valence-corrected chi connectivity index (χ0v) is 13.0. The van der Waals surface area contributed by atoms with Gasteiger partial charge in [-0.3, -0.25) is 0 Å². The van der Waals surface area contributed by atoms with Crippen molar-refractivity contribution in [2.24, 2.45) is 0 Å². The fraction of sp³-hybridized carbons (Fsp3) is 0.133. The van der Waals surface area contributed by atoms with Crippen molar-refractivity contribution in [3.05, 3.63) is 64.2 Å². The Labute approximate surface area is 133 Å². The highest BCUT2D eigenvalue weighted by molar-refractivity contribution is 7.89. The van der Waals surface area contributed by atoms with Crippen LogP contribution in [0.5, 0.6) is 0 Å². The van der Waals surface area contributed by atoms with Crippen LogP contribution in [0.15, 0.2) is 47.4 Å². The van der Waals surface area contributed by atoms with E-state index in [1.807, 2.05) is 6.07 Å². The molecule has 0 saturated heterocycles. The van der Waals surface area contributed by atoms with Gasteiger partial charge in [0.2, 0.25) is 10.0 Å². The molecule has 114 valence electrons. The zero-order valence-electron chi connectivity index (χ0n) is 11.5. The van der Waals surface area contributed by atoms with Gasteiger partial charge in [0.15, 0.2) is 0 Å². The average Bonchev–Trinajstić information content (AvgIpc) is 2.52. The molecule has 5 nitrogen and oxygen atoms in total. The lowest BCUT2D eigenvalue weighted by Gasteiger charge is -2.11. The van der Waals surface area contributed by atoms with Gasteiger partial charge < -0.3 is 5.11 Å². The van der Waals surface area contributed by atoms with Gasteiger partial charge in [-0.05, 0) is 29.3 Å². The van der Waals surface area contributed by atoms with Gasteiger partial charge in [-0.2, -0.15) is 5.26 Å². The summed E-state index contributed by atoms with van der Waals surface area (Å²) >= 11 is 5.92. The van der Waals surface area contributed by atoms with E-state index in [4.69, 9.17) is 16.9 Å². The highest BCUT2D eigenvalue weighted by Gasteiger charge is 2.18. The Hall–Kier alpha value is -1.91. The summed E-state index contributed by atoms with van der Waals surface area (Å²) in [5.74, 6) is 0. The first-order chi connectivity index (χ1) is 10.5. The molecule has 2 N–H and O–H groups in total. The number of nitriles is 1. The molecule has 0 aromatic heterocycles. The Morgan fingerprint density at radius 3 is 2.45 bits per heavy atom. The van der Waals surface area contributed by atoms with Crippen LogP contribution in [0.1, 0.15) is 16.7 Å². The molecule has 0 aliphatic heterocycles. The Bertz CT molecular complexity index is 829. The summed E-state index contributed by atoms with van der Waals surface area (Å²) in [7, 11) is -3.81. The number of aliphatic hydroxyl groups excluding tert-OH is 1. The van der Waals surface area contributed by atoms with Crippen molar-refractivity contribution in [3.8, 4) is 6.07 Å². The van der Waals surface area contributed by atoms with Crippen LogP contribution < -0.4 is 4.72 Å². The molecule has 0 bridgehead atoms. The predicted octanol–water partition coefficient (Wildman–Crippen LogP) is 2.18. The number of hydrogen-bond donors (Lipinski definition) is 2. The monoisotopic (exact) mass is 336 g/mol. The Kier molecular flexibility index (Phi) is 5.16. The lowest BCUT2D eigenvalue weighted by atomic mass is 10.1. The molecule has 0 unspecified atom stereocenters. The molecule has 0 atom stereocenters. The largest absolute Gasteiger partial charge is 0.392 e. The van der Waals surface area contributed by atoms with Crippen molar-refractivity contribution in [1.29, 1.82) is 5.26 Å². The van der Waals surface area contributed by atoms with E-state index in [0.717, 1.165) is 0 Å². The first-order valence-electron chi connectivity index (χ1n) is 6.35. The standard InChI is InChI=1S/C15H13ClN2O3S/c16-14-7-11(8-17)5-6-15(14)22(20,21)18-9-12-3-1-2-4-13(12)10-19/h1-7,18-19H,9-10H2. The SMILES string of the molecule is N#Cc1ccc(S(=O)(=O)NCc2ccccc2CO)c(Cl)c1.